The molecule has 1 rings (SSSR count). The van der Waals surface area contributed by atoms with Crippen LogP contribution in [-0.2, 0) is 16.0 Å². The largest absolute Gasteiger partial charge is 0.392 e. The van der Waals surface area contributed by atoms with E-state index in [1.807, 2.05) is 6.92 Å². The maximum absolute atomic E-state index is 13.2. The summed E-state index contributed by atoms with van der Waals surface area (Å²) >= 11 is 1.73. The van der Waals surface area contributed by atoms with Gasteiger partial charge < -0.3 is 15.0 Å². The zero-order valence-corrected chi connectivity index (χ0v) is 27.6. The van der Waals surface area contributed by atoms with Gasteiger partial charge in [0.15, 0.2) is 0 Å². The fourth-order valence-corrected chi connectivity index (χ4v) is 6.52. The molecule has 0 aromatic carbocycles. The van der Waals surface area contributed by atoms with Crippen LogP contribution in [0.4, 0.5) is 0 Å². The highest BCUT2D eigenvalue weighted by Crippen LogP contribution is 2.45. The number of carbonyl (C=O) groups excluding carboxylic acids is 2. The van der Waals surface area contributed by atoms with Crippen LogP contribution in [0.2, 0.25) is 0 Å². The van der Waals surface area contributed by atoms with Crippen LogP contribution in [0.25, 0.3) is 6.08 Å². The maximum atomic E-state index is 13.2. The minimum absolute atomic E-state index is 0.0880. The molecule has 0 aliphatic carbocycles. The molecule has 8 atom stereocenters. The molecule has 4 unspecified atom stereocenters. The quantitative estimate of drug-likeness (QED) is 0.190. The van der Waals surface area contributed by atoms with E-state index in [0.29, 0.717) is 24.0 Å². The van der Waals surface area contributed by atoms with Crippen molar-refractivity contribution in [2.75, 3.05) is 0 Å². The molecule has 224 valence electrons. The number of hydrogen-bond acceptors (Lipinski definition) is 6. The molecule has 39 heavy (non-hydrogen) atoms. The number of aliphatic hydroxyl groups excluding tert-OH is 2. The van der Waals surface area contributed by atoms with Gasteiger partial charge in [0.1, 0.15) is 12.1 Å². The van der Waals surface area contributed by atoms with Gasteiger partial charge in [-0.1, -0.05) is 81.7 Å². The Hall–Kier alpha value is -1.37. The molecule has 0 bridgehead atoms. The Labute approximate surface area is 242 Å². The third kappa shape index (κ3) is 9.06. The number of allylic oxidation sites excluding steroid dienone is 1. The molecule has 1 heterocycles. The highest BCUT2D eigenvalue weighted by molar-refractivity contribution is 7.09. The fraction of sp³-hybridized carbons (Fsp3) is 0.788. The number of aryl methyl sites for hydroxylation is 1. The standard InChI is InChI=1S/C33H57NO4S/c1-13-29-34-27(19-39-29)18-20(2)14-15-21(3)32(9,10)26(8)23(5)22(4)24(6)30(37)25(7)31(38)33(11,12)28(36)16-17-35/h17-19,21-26,28,30,36-37H,13-16H2,1-12H3/b20-18+/t21?,22?,23?,24-,25+,26?,28-,30-/m0/s1. The first-order valence-electron chi connectivity index (χ1n) is 14.9. The van der Waals surface area contributed by atoms with Gasteiger partial charge in [0, 0.05) is 17.7 Å². The minimum Gasteiger partial charge on any atom is -0.392 e. The maximum Gasteiger partial charge on any atom is 0.146 e. The van der Waals surface area contributed by atoms with Gasteiger partial charge in [0.25, 0.3) is 0 Å². The van der Waals surface area contributed by atoms with E-state index in [9.17, 15) is 19.8 Å². The second kappa shape index (κ2) is 15.0. The fourth-order valence-electron chi connectivity index (χ4n) is 5.81. The summed E-state index contributed by atoms with van der Waals surface area (Å²) < 4.78 is 0. The summed E-state index contributed by atoms with van der Waals surface area (Å²) in [6.45, 7) is 25.3. The van der Waals surface area contributed by atoms with Crippen molar-refractivity contribution in [3.63, 3.8) is 0 Å². The average Bonchev–Trinajstić information content (AvgIpc) is 3.35. The monoisotopic (exact) mass is 563 g/mol. The molecule has 5 nitrogen and oxygen atoms in total. The van der Waals surface area contributed by atoms with E-state index in [2.05, 4.69) is 71.8 Å². The average molecular weight is 564 g/mol. The smallest absolute Gasteiger partial charge is 0.146 e. The summed E-state index contributed by atoms with van der Waals surface area (Å²) in [7, 11) is 0. The lowest BCUT2D eigenvalue weighted by atomic mass is 9.61. The predicted octanol–water partition coefficient (Wildman–Crippen LogP) is 7.64. The van der Waals surface area contributed by atoms with Crippen LogP contribution in [0.3, 0.4) is 0 Å². The van der Waals surface area contributed by atoms with Crippen LogP contribution in [0, 0.1) is 46.3 Å². The summed E-state index contributed by atoms with van der Waals surface area (Å²) in [6, 6.07) is 0. The van der Waals surface area contributed by atoms with E-state index in [-0.39, 0.29) is 29.5 Å². The lowest BCUT2D eigenvalue weighted by Crippen LogP contribution is -2.46. The third-order valence-corrected chi connectivity index (χ3v) is 11.4. The molecule has 0 spiro atoms. The molecule has 0 aliphatic rings. The number of rotatable bonds is 17. The van der Waals surface area contributed by atoms with Gasteiger partial charge in [0.05, 0.1) is 28.3 Å². The van der Waals surface area contributed by atoms with Gasteiger partial charge in [-0.25, -0.2) is 4.98 Å². The van der Waals surface area contributed by atoms with Crippen molar-refractivity contribution in [3.8, 4) is 0 Å². The van der Waals surface area contributed by atoms with E-state index in [4.69, 9.17) is 0 Å². The molecule has 2 N–H and O–H groups in total. The molecule has 6 heteroatoms. The molecule has 1 aromatic rings. The Morgan fingerprint density at radius 3 is 2.13 bits per heavy atom. The number of Topliss-reactive ketones (excluding diaryl/α,β-unsaturated/α-hetero) is 1. The molecule has 0 amide bonds. The number of aldehydes is 1. The zero-order chi connectivity index (χ0) is 30.3. The van der Waals surface area contributed by atoms with Crippen molar-refractivity contribution >= 4 is 29.5 Å². The topological polar surface area (TPSA) is 87.5 Å². The first-order valence-corrected chi connectivity index (χ1v) is 15.8. The number of aliphatic hydroxyl groups is 2. The third-order valence-electron chi connectivity index (χ3n) is 10.4. The van der Waals surface area contributed by atoms with Crippen LogP contribution in [0.15, 0.2) is 11.0 Å². The first-order chi connectivity index (χ1) is 17.9. The summed E-state index contributed by atoms with van der Waals surface area (Å²) in [4.78, 5) is 28.8. The first kappa shape index (κ1) is 35.7. The van der Waals surface area contributed by atoms with Crippen LogP contribution in [-0.4, -0.2) is 39.5 Å². The predicted molar refractivity (Wildman–Crippen MR) is 165 cm³/mol. The minimum atomic E-state index is -1.09. The van der Waals surface area contributed by atoms with Gasteiger partial charge in [0.2, 0.25) is 0 Å². The summed E-state index contributed by atoms with van der Waals surface area (Å²) in [5, 5.41) is 24.9. The Bertz CT molecular complexity index is 949. The number of carbonyl (C=O) groups is 2. The van der Waals surface area contributed by atoms with Crippen LogP contribution >= 0.6 is 11.3 Å². The second-order valence-corrected chi connectivity index (χ2v) is 14.4. The van der Waals surface area contributed by atoms with Crippen LogP contribution < -0.4 is 0 Å². The Morgan fingerprint density at radius 2 is 1.62 bits per heavy atom. The van der Waals surface area contributed by atoms with E-state index in [1.165, 1.54) is 10.6 Å². The lowest BCUT2D eigenvalue weighted by Gasteiger charge is -2.45. The molecule has 1 aromatic heterocycles. The Morgan fingerprint density at radius 1 is 1.03 bits per heavy atom. The zero-order valence-electron chi connectivity index (χ0n) is 26.7. The summed E-state index contributed by atoms with van der Waals surface area (Å²) in [6.07, 6.45) is 4.01. The summed E-state index contributed by atoms with van der Waals surface area (Å²) in [5.41, 5.74) is 1.43. The van der Waals surface area contributed by atoms with Crippen molar-refractivity contribution in [2.45, 2.75) is 121 Å². The van der Waals surface area contributed by atoms with Crippen molar-refractivity contribution in [2.24, 2.45) is 46.3 Å². The number of hydrogen-bond donors (Lipinski definition) is 2. The van der Waals surface area contributed by atoms with E-state index >= 15 is 0 Å². The van der Waals surface area contributed by atoms with Crippen molar-refractivity contribution < 1.29 is 19.8 Å². The second-order valence-electron chi connectivity index (χ2n) is 13.4. The molecule has 0 saturated carbocycles. The molecular formula is C33H57NO4S. The summed E-state index contributed by atoms with van der Waals surface area (Å²) in [5.74, 6) is 0.514. The Balaban J connectivity index is 2.86. The molecular weight excluding hydrogens is 506 g/mol. The van der Waals surface area contributed by atoms with Crippen molar-refractivity contribution in [1.82, 2.24) is 4.98 Å². The molecule has 0 radical (unpaired) electrons. The lowest BCUT2D eigenvalue weighted by molar-refractivity contribution is -0.142. The van der Waals surface area contributed by atoms with Crippen LogP contribution in [0.1, 0.15) is 113 Å². The molecule has 0 aliphatic heterocycles. The van der Waals surface area contributed by atoms with Crippen molar-refractivity contribution in [1.29, 1.82) is 0 Å². The van der Waals surface area contributed by atoms with E-state index in [1.54, 1.807) is 32.1 Å². The van der Waals surface area contributed by atoms with Crippen LogP contribution in [0.5, 0.6) is 0 Å². The van der Waals surface area contributed by atoms with Gasteiger partial charge >= 0.3 is 0 Å². The normalized spacial score (nSPS) is 19.5. The number of aromatic nitrogens is 1. The molecule has 0 saturated heterocycles. The van der Waals surface area contributed by atoms with E-state index < -0.39 is 23.5 Å². The van der Waals surface area contributed by atoms with Crippen molar-refractivity contribution in [3.05, 3.63) is 21.7 Å². The van der Waals surface area contributed by atoms with Gasteiger partial charge in [-0.2, -0.15) is 0 Å². The van der Waals surface area contributed by atoms with E-state index in [0.717, 1.165) is 25.0 Å². The SMILES string of the molecule is CCc1nc(/C=C(\C)CCC(C)C(C)(C)C(C)C(C)C(C)[C@H](C)[C@H](O)[C@@H](C)C(=O)C(C)(C)[C@@H](O)CC=O)cs1. The number of thiazole rings is 1. The number of nitrogens with zero attached hydrogens (tertiary/aromatic N) is 1. The highest BCUT2D eigenvalue weighted by Gasteiger charge is 2.43. The van der Waals surface area contributed by atoms with Gasteiger partial charge in [-0.3, -0.25) is 4.79 Å². The molecule has 0 fully saturated rings. The highest BCUT2D eigenvalue weighted by atomic mass is 32.1. The van der Waals surface area contributed by atoms with Gasteiger partial charge in [-0.05, 0) is 67.3 Å². The van der Waals surface area contributed by atoms with Gasteiger partial charge in [-0.15, -0.1) is 11.3 Å². The Kier molecular flexibility index (Phi) is 13.7. The number of ketones is 1.